The Labute approximate surface area is 188 Å². The number of nitrogens with two attached hydrogens (primary N) is 3. The van der Waals surface area contributed by atoms with Crippen molar-refractivity contribution in [1.82, 2.24) is 16.0 Å². The number of unbranched alkanes of at least 4 members (excludes halogenated alkanes) is 2. The summed E-state index contributed by atoms with van der Waals surface area (Å²) in [7, 11) is 0. The standard InChI is InChI=1S/C19H38N6O5S/c1-31-11-8-15(19(29)30)25-18(28)14(7-3-5-10-21)24-16(26)12-23-17(27)13(22)6-2-4-9-20/h13-15H,2-12,20-22H2,1H3,(H,23,27)(H,24,26)(H,25,28)(H,29,30). The SMILES string of the molecule is CSCCC(NC(=O)C(CCCCN)NC(=O)CNC(=O)C(N)CCCCN)C(=O)O. The summed E-state index contributed by atoms with van der Waals surface area (Å²) in [6.45, 7) is 0.620. The molecule has 0 aromatic heterocycles. The molecule has 3 amide bonds. The molecule has 12 heteroatoms. The summed E-state index contributed by atoms with van der Waals surface area (Å²) in [4.78, 5) is 48.2. The molecule has 0 aliphatic rings. The number of hydrogen-bond donors (Lipinski definition) is 7. The van der Waals surface area contributed by atoms with Gasteiger partial charge >= 0.3 is 5.97 Å². The van der Waals surface area contributed by atoms with Crippen molar-refractivity contribution in [3.8, 4) is 0 Å². The van der Waals surface area contributed by atoms with E-state index in [-0.39, 0.29) is 13.0 Å². The van der Waals surface area contributed by atoms with Gasteiger partial charge in [-0.25, -0.2) is 4.79 Å². The van der Waals surface area contributed by atoms with Crippen LogP contribution < -0.4 is 33.2 Å². The maximum atomic E-state index is 12.6. The largest absolute Gasteiger partial charge is 0.480 e. The van der Waals surface area contributed by atoms with E-state index in [9.17, 15) is 24.3 Å². The van der Waals surface area contributed by atoms with Crippen molar-refractivity contribution in [3.05, 3.63) is 0 Å². The first kappa shape index (κ1) is 29.1. The molecular weight excluding hydrogens is 424 g/mol. The highest BCUT2D eigenvalue weighted by Gasteiger charge is 2.26. The molecule has 0 rings (SSSR count). The van der Waals surface area contributed by atoms with Gasteiger partial charge in [0.15, 0.2) is 0 Å². The molecule has 3 atom stereocenters. The van der Waals surface area contributed by atoms with E-state index in [1.54, 1.807) is 0 Å². The first-order valence-corrected chi connectivity index (χ1v) is 11.9. The predicted molar refractivity (Wildman–Crippen MR) is 121 cm³/mol. The number of carbonyl (C=O) groups is 4. The van der Waals surface area contributed by atoms with Gasteiger partial charge in [-0.15, -0.1) is 0 Å². The molecule has 0 saturated carbocycles. The summed E-state index contributed by atoms with van der Waals surface area (Å²) < 4.78 is 0. The molecule has 0 saturated heterocycles. The summed E-state index contributed by atoms with van der Waals surface area (Å²) in [5.41, 5.74) is 16.7. The van der Waals surface area contributed by atoms with E-state index in [4.69, 9.17) is 17.2 Å². The lowest BCUT2D eigenvalue weighted by molar-refractivity contribution is -0.142. The molecule has 3 unspecified atom stereocenters. The first-order chi connectivity index (χ1) is 14.8. The number of nitrogens with one attached hydrogen (secondary N) is 3. The number of amides is 3. The average Bonchev–Trinajstić information content (AvgIpc) is 2.73. The normalized spacial score (nSPS) is 13.7. The van der Waals surface area contributed by atoms with Crippen LogP contribution in [0.3, 0.4) is 0 Å². The quantitative estimate of drug-likeness (QED) is 0.118. The van der Waals surface area contributed by atoms with E-state index in [1.165, 1.54) is 11.8 Å². The maximum absolute atomic E-state index is 12.6. The van der Waals surface area contributed by atoms with Crippen molar-refractivity contribution in [2.24, 2.45) is 17.2 Å². The van der Waals surface area contributed by atoms with Crippen molar-refractivity contribution in [2.75, 3.05) is 31.6 Å². The van der Waals surface area contributed by atoms with E-state index in [0.717, 1.165) is 6.42 Å². The molecule has 11 nitrogen and oxygen atoms in total. The number of carboxylic acids is 1. The second kappa shape index (κ2) is 17.8. The van der Waals surface area contributed by atoms with E-state index < -0.39 is 41.8 Å². The minimum atomic E-state index is -1.13. The van der Waals surface area contributed by atoms with Crippen LogP contribution in [0.25, 0.3) is 0 Å². The third-order valence-corrected chi connectivity index (χ3v) is 5.20. The Morgan fingerprint density at radius 1 is 0.871 bits per heavy atom. The van der Waals surface area contributed by atoms with Crippen molar-refractivity contribution >= 4 is 35.5 Å². The number of hydrogen-bond acceptors (Lipinski definition) is 8. The zero-order valence-corrected chi connectivity index (χ0v) is 19.0. The molecule has 0 aliphatic carbocycles. The Bertz CT molecular complexity index is 566. The summed E-state index contributed by atoms with van der Waals surface area (Å²) >= 11 is 1.47. The fraction of sp³-hybridized carbons (Fsp3) is 0.789. The molecule has 0 aromatic carbocycles. The van der Waals surface area contributed by atoms with E-state index in [2.05, 4.69) is 16.0 Å². The lowest BCUT2D eigenvalue weighted by Crippen LogP contribution is -2.53. The van der Waals surface area contributed by atoms with Crippen LogP contribution >= 0.6 is 11.8 Å². The highest BCUT2D eigenvalue weighted by atomic mass is 32.2. The molecule has 10 N–H and O–H groups in total. The third-order valence-electron chi connectivity index (χ3n) is 4.55. The van der Waals surface area contributed by atoms with Gasteiger partial charge in [0.05, 0.1) is 12.6 Å². The predicted octanol–water partition coefficient (Wildman–Crippen LogP) is -1.50. The average molecular weight is 463 g/mol. The minimum Gasteiger partial charge on any atom is -0.480 e. The molecule has 180 valence electrons. The van der Waals surface area contributed by atoms with Crippen LogP contribution in [0.5, 0.6) is 0 Å². The van der Waals surface area contributed by atoms with Crippen LogP contribution in [-0.2, 0) is 19.2 Å². The monoisotopic (exact) mass is 462 g/mol. The molecule has 0 aromatic rings. The van der Waals surface area contributed by atoms with Crippen molar-refractivity contribution < 1.29 is 24.3 Å². The number of thioether (sulfide) groups is 1. The van der Waals surface area contributed by atoms with Gasteiger partial charge in [0.1, 0.15) is 12.1 Å². The zero-order valence-electron chi connectivity index (χ0n) is 18.2. The van der Waals surface area contributed by atoms with Crippen molar-refractivity contribution in [3.63, 3.8) is 0 Å². The maximum Gasteiger partial charge on any atom is 0.326 e. The summed E-state index contributed by atoms with van der Waals surface area (Å²) in [5.74, 6) is -2.17. The van der Waals surface area contributed by atoms with E-state index >= 15 is 0 Å². The van der Waals surface area contributed by atoms with Crippen molar-refractivity contribution in [1.29, 1.82) is 0 Å². The fourth-order valence-electron chi connectivity index (χ4n) is 2.71. The smallest absolute Gasteiger partial charge is 0.326 e. The molecule has 0 bridgehead atoms. The zero-order chi connectivity index (χ0) is 23.6. The van der Waals surface area contributed by atoms with Crippen molar-refractivity contribution in [2.45, 2.75) is 63.1 Å². The second-order valence-corrected chi connectivity index (χ2v) is 8.18. The van der Waals surface area contributed by atoms with Gasteiger partial charge in [-0.05, 0) is 63.6 Å². The third kappa shape index (κ3) is 13.9. The van der Waals surface area contributed by atoms with Crippen LogP contribution in [0, 0.1) is 0 Å². The summed E-state index contributed by atoms with van der Waals surface area (Å²) in [6, 6.07) is -2.71. The Kier molecular flexibility index (Phi) is 16.7. The van der Waals surface area contributed by atoms with Gasteiger partial charge < -0.3 is 38.3 Å². The van der Waals surface area contributed by atoms with Gasteiger partial charge in [-0.3, -0.25) is 14.4 Å². The molecule has 0 radical (unpaired) electrons. The van der Waals surface area contributed by atoms with Gasteiger partial charge in [0, 0.05) is 0 Å². The topological polar surface area (TPSA) is 203 Å². The fourth-order valence-corrected chi connectivity index (χ4v) is 3.18. The van der Waals surface area contributed by atoms with E-state index in [1.807, 2.05) is 6.26 Å². The molecule has 0 heterocycles. The molecule has 0 aliphatic heterocycles. The van der Waals surface area contributed by atoms with Gasteiger partial charge in [-0.1, -0.05) is 6.42 Å². The van der Waals surface area contributed by atoms with Gasteiger partial charge in [0.2, 0.25) is 17.7 Å². The van der Waals surface area contributed by atoms with Crippen LogP contribution in [0.2, 0.25) is 0 Å². The van der Waals surface area contributed by atoms with Crippen LogP contribution in [-0.4, -0.2) is 78.6 Å². The molecular formula is C19H38N6O5S. The Morgan fingerprint density at radius 3 is 2.03 bits per heavy atom. The van der Waals surface area contributed by atoms with Crippen LogP contribution in [0.1, 0.15) is 44.9 Å². The van der Waals surface area contributed by atoms with Gasteiger partial charge in [0.25, 0.3) is 0 Å². The Balaban J connectivity index is 4.78. The lowest BCUT2D eigenvalue weighted by atomic mass is 10.1. The van der Waals surface area contributed by atoms with Crippen LogP contribution in [0.4, 0.5) is 0 Å². The Morgan fingerprint density at radius 2 is 1.48 bits per heavy atom. The molecule has 0 fully saturated rings. The number of aliphatic carboxylic acids is 1. The first-order valence-electron chi connectivity index (χ1n) is 10.5. The number of rotatable bonds is 18. The number of carboxylic acid groups (broad SMARTS) is 1. The highest BCUT2D eigenvalue weighted by Crippen LogP contribution is 2.05. The summed E-state index contributed by atoms with van der Waals surface area (Å²) in [5, 5.41) is 16.8. The van der Waals surface area contributed by atoms with Gasteiger partial charge in [-0.2, -0.15) is 11.8 Å². The van der Waals surface area contributed by atoms with E-state index in [0.29, 0.717) is 50.9 Å². The molecule has 0 spiro atoms. The minimum absolute atomic E-state index is 0.268. The number of carbonyl (C=O) groups excluding carboxylic acids is 3. The Hall–Kier alpha value is -1.89. The highest BCUT2D eigenvalue weighted by molar-refractivity contribution is 7.98. The second-order valence-electron chi connectivity index (χ2n) is 7.19. The van der Waals surface area contributed by atoms with Crippen LogP contribution in [0.15, 0.2) is 0 Å². The lowest BCUT2D eigenvalue weighted by Gasteiger charge is -2.22. The summed E-state index contributed by atoms with van der Waals surface area (Å²) in [6.07, 6.45) is 5.58. The molecule has 31 heavy (non-hydrogen) atoms.